The highest BCUT2D eigenvalue weighted by molar-refractivity contribution is 6.30. The number of hydrazine groups is 1. The Morgan fingerprint density at radius 1 is 1.50 bits per heavy atom. The predicted molar refractivity (Wildman–Crippen MR) is 58.5 cm³/mol. The molecule has 0 atom stereocenters. The molecule has 4 heteroatoms. The van der Waals surface area contributed by atoms with E-state index < -0.39 is 0 Å². The van der Waals surface area contributed by atoms with Crippen LogP contribution in [-0.4, -0.2) is 13.2 Å². The van der Waals surface area contributed by atoms with Crippen LogP contribution in [0, 0.1) is 6.92 Å². The Morgan fingerprint density at radius 2 is 2.29 bits per heavy atom. The van der Waals surface area contributed by atoms with Crippen LogP contribution < -0.4 is 16.0 Å². The van der Waals surface area contributed by atoms with Gasteiger partial charge < -0.3 is 4.74 Å². The fraction of sp³-hybridized carbons (Fsp3) is 0.400. The number of nitrogens with one attached hydrogen (secondary N) is 1. The highest BCUT2D eigenvalue weighted by Crippen LogP contribution is 2.21. The summed E-state index contributed by atoms with van der Waals surface area (Å²) in [5, 5.41) is 0.735. The second kappa shape index (κ2) is 5.86. The number of aryl methyl sites for hydroxylation is 1. The van der Waals surface area contributed by atoms with Crippen LogP contribution in [0.5, 0.6) is 5.75 Å². The molecular weight excluding hydrogens is 200 g/mol. The molecule has 1 rings (SSSR count). The summed E-state index contributed by atoms with van der Waals surface area (Å²) >= 11 is 5.82. The van der Waals surface area contributed by atoms with Crippen LogP contribution in [0.1, 0.15) is 12.0 Å². The van der Waals surface area contributed by atoms with Gasteiger partial charge in [-0.05, 0) is 37.1 Å². The van der Waals surface area contributed by atoms with Gasteiger partial charge in [-0.3, -0.25) is 11.3 Å². The van der Waals surface area contributed by atoms with Crippen molar-refractivity contribution in [1.82, 2.24) is 5.43 Å². The van der Waals surface area contributed by atoms with Crippen LogP contribution in [0.3, 0.4) is 0 Å². The van der Waals surface area contributed by atoms with E-state index in [-0.39, 0.29) is 0 Å². The fourth-order valence-electron chi connectivity index (χ4n) is 1.13. The van der Waals surface area contributed by atoms with Crippen molar-refractivity contribution in [3.63, 3.8) is 0 Å². The van der Waals surface area contributed by atoms with Crippen molar-refractivity contribution in [1.29, 1.82) is 0 Å². The molecule has 0 heterocycles. The van der Waals surface area contributed by atoms with Crippen molar-refractivity contribution in [2.75, 3.05) is 13.2 Å². The van der Waals surface area contributed by atoms with Gasteiger partial charge in [0.1, 0.15) is 5.75 Å². The van der Waals surface area contributed by atoms with Crippen LogP contribution in [0.4, 0.5) is 0 Å². The third-order valence-electron chi connectivity index (χ3n) is 1.86. The van der Waals surface area contributed by atoms with Crippen LogP contribution in [0.2, 0.25) is 5.02 Å². The highest BCUT2D eigenvalue weighted by Gasteiger charge is 1.99. The summed E-state index contributed by atoms with van der Waals surface area (Å²) in [6, 6.07) is 5.59. The van der Waals surface area contributed by atoms with Gasteiger partial charge in [0.15, 0.2) is 0 Å². The van der Waals surface area contributed by atoms with E-state index in [2.05, 4.69) is 5.43 Å². The Morgan fingerprint density at radius 3 is 2.93 bits per heavy atom. The maximum absolute atomic E-state index is 5.82. The number of nitrogens with two attached hydrogens (primary N) is 1. The number of rotatable bonds is 5. The molecule has 0 fully saturated rings. The zero-order valence-corrected chi connectivity index (χ0v) is 8.97. The van der Waals surface area contributed by atoms with Gasteiger partial charge in [-0.1, -0.05) is 11.6 Å². The first-order chi connectivity index (χ1) is 6.74. The van der Waals surface area contributed by atoms with E-state index in [1.54, 1.807) is 0 Å². The van der Waals surface area contributed by atoms with Crippen LogP contribution in [0.15, 0.2) is 18.2 Å². The van der Waals surface area contributed by atoms with Gasteiger partial charge in [0.25, 0.3) is 0 Å². The molecule has 0 aliphatic carbocycles. The minimum Gasteiger partial charge on any atom is -0.493 e. The lowest BCUT2D eigenvalue weighted by Gasteiger charge is -2.08. The van der Waals surface area contributed by atoms with Crippen molar-refractivity contribution in [3.8, 4) is 5.75 Å². The number of ether oxygens (including phenoxy) is 1. The Bertz CT molecular complexity index is 291. The first-order valence-corrected chi connectivity index (χ1v) is 4.94. The van der Waals surface area contributed by atoms with Crippen molar-refractivity contribution in [2.24, 2.45) is 5.84 Å². The molecule has 0 saturated carbocycles. The highest BCUT2D eigenvalue weighted by atomic mass is 35.5. The number of hydrogen-bond acceptors (Lipinski definition) is 3. The van der Waals surface area contributed by atoms with E-state index in [1.165, 1.54) is 0 Å². The summed E-state index contributed by atoms with van der Waals surface area (Å²) in [7, 11) is 0. The van der Waals surface area contributed by atoms with Gasteiger partial charge in [-0.2, -0.15) is 0 Å². The molecule has 0 amide bonds. The molecule has 3 nitrogen and oxygen atoms in total. The molecule has 0 saturated heterocycles. The first kappa shape index (κ1) is 11.3. The van der Waals surface area contributed by atoms with E-state index in [0.717, 1.165) is 29.3 Å². The number of benzene rings is 1. The average molecular weight is 215 g/mol. The molecule has 0 aromatic heterocycles. The lowest BCUT2D eigenvalue weighted by Crippen LogP contribution is -2.24. The summed E-state index contributed by atoms with van der Waals surface area (Å²) < 4.78 is 5.54. The van der Waals surface area contributed by atoms with Gasteiger partial charge in [0.05, 0.1) is 6.61 Å². The van der Waals surface area contributed by atoms with Crippen molar-refractivity contribution >= 4 is 11.6 Å². The molecule has 1 aromatic rings. The Balaban J connectivity index is 2.42. The van der Waals surface area contributed by atoms with Crippen molar-refractivity contribution in [2.45, 2.75) is 13.3 Å². The zero-order chi connectivity index (χ0) is 10.4. The number of hydrogen-bond donors (Lipinski definition) is 2. The average Bonchev–Trinajstić information content (AvgIpc) is 2.15. The topological polar surface area (TPSA) is 47.3 Å². The zero-order valence-electron chi connectivity index (χ0n) is 8.22. The molecule has 0 aliphatic rings. The molecule has 0 spiro atoms. The molecule has 14 heavy (non-hydrogen) atoms. The lowest BCUT2D eigenvalue weighted by atomic mass is 10.2. The molecule has 0 aliphatic heterocycles. The molecular formula is C10H15ClN2O. The molecule has 3 N–H and O–H groups in total. The normalized spacial score (nSPS) is 10.2. The minimum atomic E-state index is 0.659. The van der Waals surface area contributed by atoms with E-state index in [1.807, 2.05) is 25.1 Å². The monoisotopic (exact) mass is 214 g/mol. The van der Waals surface area contributed by atoms with Crippen LogP contribution in [-0.2, 0) is 0 Å². The fourth-order valence-corrected chi connectivity index (χ4v) is 1.36. The molecule has 0 unspecified atom stereocenters. The maximum Gasteiger partial charge on any atom is 0.122 e. The molecule has 0 bridgehead atoms. The molecule has 1 aromatic carbocycles. The van der Waals surface area contributed by atoms with Gasteiger partial charge in [-0.25, -0.2) is 0 Å². The van der Waals surface area contributed by atoms with E-state index >= 15 is 0 Å². The summed E-state index contributed by atoms with van der Waals surface area (Å²) in [5.74, 6) is 6.02. The quantitative estimate of drug-likeness (QED) is 0.447. The second-order valence-electron chi connectivity index (χ2n) is 3.07. The third-order valence-corrected chi connectivity index (χ3v) is 2.10. The van der Waals surface area contributed by atoms with E-state index in [4.69, 9.17) is 22.2 Å². The summed E-state index contributed by atoms with van der Waals surface area (Å²) in [6.45, 7) is 3.39. The van der Waals surface area contributed by atoms with Crippen LogP contribution in [0.25, 0.3) is 0 Å². The first-order valence-electron chi connectivity index (χ1n) is 4.56. The second-order valence-corrected chi connectivity index (χ2v) is 3.50. The molecule has 78 valence electrons. The minimum absolute atomic E-state index is 0.659. The molecule has 0 radical (unpaired) electrons. The third kappa shape index (κ3) is 3.54. The Labute approximate surface area is 89.2 Å². The van der Waals surface area contributed by atoms with Gasteiger partial charge in [0, 0.05) is 11.6 Å². The Hall–Kier alpha value is -0.770. The largest absolute Gasteiger partial charge is 0.493 e. The van der Waals surface area contributed by atoms with E-state index in [9.17, 15) is 0 Å². The predicted octanol–water partition coefficient (Wildman–Crippen LogP) is 1.88. The number of halogens is 1. The van der Waals surface area contributed by atoms with Crippen molar-refractivity contribution in [3.05, 3.63) is 28.8 Å². The van der Waals surface area contributed by atoms with Crippen LogP contribution >= 0.6 is 11.6 Å². The standard InChI is InChI=1S/C10H15ClN2O/c1-8-7-9(11)3-4-10(8)14-6-2-5-13-12/h3-4,7,13H,2,5-6,12H2,1H3. The Kier molecular flexibility index (Phi) is 4.73. The SMILES string of the molecule is Cc1cc(Cl)ccc1OCCCNN. The van der Waals surface area contributed by atoms with Gasteiger partial charge in [0.2, 0.25) is 0 Å². The van der Waals surface area contributed by atoms with E-state index in [0.29, 0.717) is 6.61 Å². The van der Waals surface area contributed by atoms with Gasteiger partial charge in [-0.15, -0.1) is 0 Å². The van der Waals surface area contributed by atoms with Gasteiger partial charge >= 0.3 is 0 Å². The summed E-state index contributed by atoms with van der Waals surface area (Å²) in [4.78, 5) is 0. The summed E-state index contributed by atoms with van der Waals surface area (Å²) in [6.07, 6.45) is 0.887. The summed E-state index contributed by atoms with van der Waals surface area (Å²) in [5.41, 5.74) is 3.63. The van der Waals surface area contributed by atoms with Crippen molar-refractivity contribution < 1.29 is 4.74 Å². The lowest BCUT2D eigenvalue weighted by molar-refractivity contribution is 0.306. The smallest absolute Gasteiger partial charge is 0.122 e. The maximum atomic E-state index is 5.82.